The first kappa shape index (κ1) is 16.4. The fourth-order valence-electron chi connectivity index (χ4n) is 2.69. The number of halogens is 1. The Balaban J connectivity index is 1.83. The van der Waals surface area contributed by atoms with Crippen molar-refractivity contribution in [3.8, 4) is 0 Å². The molecule has 1 fully saturated rings. The van der Waals surface area contributed by atoms with Crippen LogP contribution in [0.3, 0.4) is 0 Å². The number of nitrogens with zero attached hydrogens (tertiary/aromatic N) is 2. The van der Waals surface area contributed by atoms with Gasteiger partial charge in [0.2, 0.25) is 0 Å². The molecule has 2 aromatic rings. The molecular weight excluding hydrogens is 309 g/mol. The molecule has 1 aliphatic rings. The second kappa shape index (κ2) is 7.40. The Bertz CT molecular complexity index is 723. The fourth-order valence-corrected chi connectivity index (χ4v) is 2.69. The quantitative estimate of drug-likeness (QED) is 0.936. The van der Waals surface area contributed by atoms with E-state index in [9.17, 15) is 9.18 Å². The van der Waals surface area contributed by atoms with Crippen molar-refractivity contribution < 1.29 is 13.9 Å². The van der Waals surface area contributed by atoms with Gasteiger partial charge in [0.1, 0.15) is 11.6 Å². The zero-order valence-electron chi connectivity index (χ0n) is 13.5. The van der Waals surface area contributed by atoms with Gasteiger partial charge in [0.15, 0.2) is 0 Å². The second-order valence-corrected chi connectivity index (χ2v) is 5.66. The van der Waals surface area contributed by atoms with Crippen LogP contribution in [0.4, 0.5) is 15.9 Å². The third-order valence-corrected chi connectivity index (χ3v) is 4.05. The summed E-state index contributed by atoms with van der Waals surface area (Å²) in [6, 6.07) is 9.72. The third-order valence-electron chi connectivity index (χ3n) is 4.05. The molecule has 1 atom stereocenters. The summed E-state index contributed by atoms with van der Waals surface area (Å²) < 4.78 is 19.5. The second-order valence-electron chi connectivity index (χ2n) is 5.66. The van der Waals surface area contributed by atoms with Gasteiger partial charge in [-0.05, 0) is 30.7 Å². The van der Waals surface area contributed by atoms with Crippen LogP contribution in [0, 0.1) is 5.82 Å². The maximum Gasteiger partial charge on any atom is 0.257 e. The molecule has 0 spiro atoms. The highest BCUT2D eigenvalue weighted by atomic mass is 19.1. The molecule has 0 bridgehead atoms. The average molecular weight is 329 g/mol. The highest BCUT2D eigenvalue weighted by molar-refractivity contribution is 5.99. The number of carbonyl (C=O) groups excluding carboxylic acids is 1. The summed E-state index contributed by atoms with van der Waals surface area (Å²) in [6.45, 7) is 3.67. The maximum absolute atomic E-state index is 13.9. The minimum Gasteiger partial charge on any atom is -0.375 e. The zero-order chi connectivity index (χ0) is 16.9. The number of rotatable bonds is 4. The van der Waals surface area contributed by atoms with Crippen LogP contribution in [-0.4, -0.2) is 41.6 Å². The Hall–Kier alpha value is -2.47. The molecule has 1 N–H and O–H groups in total. The number of morpholine rings is 1. The van der Waals surface area contributed by atoms with Crippen molar-refractivity contribution in [2.45, 2.75) is 19.4 Å². The summed E-state index contributed by atoms with van der Waals surface area (Å²) in [5, 5.41) is 2.92. The number of anilines is 2. The lowest BCUT2D eigenvalue weighted by molar-refractivity contribution is -0.0226. The highest BCUT2D eigenvalue weighted by Gasteiger charge is 2.26. The molecule has 0 unspecified atom stereocenters. The molecule has 24 heavy (non-hydrogen) atoms. The molecule has 1 amide bonds. The molecule has 0 radical (unpaired) electrons. The normalized spacial score (nSPS) is 17.6. The number of nitrogens with one attached hydrogen (secondary N) is 1. The predicted molar refractivity (Wildman–Crippen MR) is 89.9 cm³/mol. The summed E-state index contributed by atoms with van der Waals surface area (Å²) in [6.07, 6.45) is 2.49. The first-order chi connectivity index (χ1) is 11.7. The standard InChI is InChI=1S/C18H20FN3O2/c1-2-13-12-22(10-11-24-13)18(23)14-6-5-9-20-17(14)21-16-8-4-3-7-15(16)19/h3-9,13H,2,10-12H2,1H3,(H,20,21)/t13-/m1/s1. The van der Waals surface area contributed by atoms with Gasteiger partial charge in [-0.25, -0.2) is 9.37 Å². The SMILES string of the molecule is CC[C@@H]1CN(C(=O)c2cccnc2Nc2ccccc2F)CCO1. The van der Waals surface area contributed by atoms with Crippen molar-refractivity contribution >= 4 is 17.4 Å². The third kappa shape index (κ3) is 3.54. The van der Waals surface area contributed by atoms with E-state index in [1.165, 1.54) is 6.07 Å². The largest absolute Gasteiger partial charge is 0.375 e. The molecule has 1 saturated heterocycles. The number of aromatic nitrogens is 1. The number of amides is 1. The molecule has 2 heterocycles. The minimum absolute atomic E-state index is 0.0577. The number of pyridine rings is 1. The highest BCUT2D eigenvalue weighted by Crippen LogP contribution is 2.23. The number of benzene rings is 1. The van der Waals surface area contributed by atoms with Crippen molar-refractivity contribution in [1.82, 2.24) is 9.88 Å². The van der Waals surface area contributed by atoms with E-state index >= 15 is 0 Å². The van der Waals surface area contributed by atoms with Gasteiger partial charge in [-0.3, -0.25) is 4.79 Å². The number of hydrogen-bond donors (Lipinski definition) is 1. The van der Waals surface area contributed by atoms with Gasteiger partial charge < -0.3 is 15.0 Å². The van der Waals surface area contributed by atoms with E-state index in [1.54, 1.807) is 41.4 Å². The van der Waals surface area contributed by atoms with Crippen LogP contribution in [0.25, 0.3) is 0 Å². The Kier molecular flexibility index (Phi) is 5.05. The summed E-state index contributed by atoms with van der Waals surface area (Å²) in [4.78, 5) is 18.8. The minimum atomic E-state index is -0.390. The van der Waals surface area contributed by atoms with E-state index in [4.69, 9.17) is 4.74 Å². The molecule has 3 rings (SSSR count). The summed E-state index contributed by atoms with van der Waals surface area (Å²) in [5.74, 6) is -0.158. The predicted octanol–water partition coefficient (Wildman–Crippen LogP) is 3.22. The van der Waals surface area contributed by atoms with Crippen LogP contribution < -0.4 is 5.32 Å². The fraction of sp³-hybridized carbons (Fsp3) is 0.333. The van der Waals surface area contributed by atoms with Crippen molar-refractivity contribution in [3.05, 3.63) is 54.0 Å². The van der Waals surface area contributed by atoms with Gasteiger partial charge in [0.25, 0.3) is 5.91 Å². The van der Waals surface area contributed by atoms with E-state index in [1.807, 2.05) is 6.92 Å². The van der Waals surface area contributed by atoms with Crippen molar-refractivity contribution in [2.24, 2.45) is 0 Å². The topological polar surface area (TPSA) is 54.5 Å². The van der Waals surface area contributed by atoms with E-state index in [0.717, 1.165) is 6.42 Å². The number of para-hydroxylation sites is 1. The smallest absolute Gasteiger partial charge is 0.257 e. The lowest BCUT2D eigenvalue weighted by Gasteiger charge is -2.32. The average Bonchev–Trinajstić information content (AvgIpc) is 2.63. The Morgan fingerprint density at radius 1 is 1.38 bits per heavy atom. The van der Waals surface area contributed by atoms with Crippen molar-refractivity contribution in [2.75, 3.05) is 25.0 Å². The van der Waals surface area contributed by atoms with Crippen LogP contribution in [0.15, 0.2) is 42.6 Å². The Morgan fingerprint density at radius 3 is 3.00 bits per heavy atom. The molecule has 126 valence electrons. The molecule has 0 saturated carbocycles. The lowest BCUT2D eigenvalue weighted by atomic mass is 10.1. The van der Waals surface area contributed by atoms with E-state index < -0.39 is 0 Å². The molecular formula is C18H20FN3O2. The van der Waals surface area contributed by atoms with Crippen LogP contribution in [0.5, 0.6) is 0 Å². The van der Waals surface area contributed by atoms with Gasteiger partial charge in [-0.1, -0.05) is 19.1 Å². The van der Waals surface area contributed by atoms with E-state index in [2.05, 4.69) is 10.3 Å². The Morgan fingerprint density at radius 2 is 2.21 bits per heavy atom. The van der Waals surface area contributed by atoms with Gasteiger partial charge in [0, 0.05) is 19.3 Å². The molecule has 1 aromatic heterocycles. The van der Waals surface area contributed by atoms with E-state index in [0.29, 0.717) is 36.8 Å². The monoisotopic (exact) mass is 329 g/mol. The zero-order valence-corrected chi connectivity index (χ0v) is 13.5. The maximum atomic E-state index is 13.9. The molecule has 0 aliphatic carbocycles. The van der Waals surface area contributed by atoms with Gasteiger partial charge in [0.05, 0.1) is 24.0 Å². The molecule has 6 heteroatoms. The van der Waals surface area contributed by atoms with Gasteiger partial charge in [-0.15, -0.1) is 0 Å². The first-order valence-corrected chi connectivity index (χ1v) is 8.06. The lowest BCUT2D eigenvalue weighted by Crippen LogP contribution is -2.45. The Labute approximate surface area is 140 Å². The van der Waals surface area contributed by atoms with Gasteiger partial charge in [-0.2, -0.15) is 0 Å². The summed E-state index contributed by atoms with van der Waals surface area (Å²) >= 11 is 0. The van der Waals surface area contributed by atoms with Crippen LogP contribution in [-0.2, 0) is 4.74 Å². The number of carbonyl (C=O) groups is 1. The molecule has 5 nitrogen and oxygen atoms in total. The summed E-state index contributed by atoms with van der Waals surface area (Å²) in [5.41, 5.74) is 0.719. The van der Waals surface area contributed by atoms with Crippen LogP contribution in [0.2, 0.25) is 0 Å². The van der Waals surface area contributed by atoms with E-state index in [-0.39, 0.29) is 17.8 Å². The van der Waals surface area contributed by atoms with Crippen molar-refractivity contribution in [1.29, 1.82) is 0 Å². The van der Waals surface area contributed by atoms with Gasteiger partial charge >= 0.3 is 0 Å². The molecule has 1 aliphatic heterocycles. The van der Waals surface area contributed by atoms with Crippen molar-refractivity contribution in [3.63, 3.8) is 0 Å². The summed E-state index contributed by atoms with van der Waals surface area (Å²) in [7, 11) is 0. The first-order valence-electron chi connectivity index (χ1n) is 8.06. The van der Waals surface area contributed by atoms with Crippen LogP contribution >= 0.6 is 0 Å². The number of hydrogen-bond acceptors (Lipinski definition) is 4. The molecule has 1 aromatic carbocycles. The number of ether oxygens (including phenoxy) is 1. The van der Waals surface area contributed by atoms with Crippen LogP contribution in [0.1, 0.15) is 23.7 Å².